The molecule has 2 aromatic carbocycles. The number of barbiturate groups is 1. The number of likely N-dealkylation sites (tertiary alicyclic amines) is 1. The highest BCUT2D eigenvalue weighted by Gasteiger charge is 2.63. The molecule has 40 heavy (non-hydrogen) atoms. The molecule has 15 heteroatoms. The predicted octanol–water partition coefficient (Wildman–Crippen LogP) is 0.844. The van der Waals surface area contributed by atoms with Gasteiger partial charge in [0.25, 0.3) is 11.8 Å². The van der Waals surface area contributed by atoms with E-state index in [2.05, 4.69) is 15.4 Å². The highest BCUT2D eigenvalue weighted by molar-refractivity contribution is 6.22. The van der Waals surface area contributed by atoms with Crippen molar-refractivity contribution < 1.29 is 51.7 Å². The van der Waals surface area contributed by atoms with Crippen molar-refractivity contribution >= 4 is 23.8 Å². The molecule has 1 spiro atoms. The highest BCUT2D eigenvalue weighted by atomic mass is 19.4. The molecule has 3 saturated heterocycles. The maximum atomic E-state index is 13.3. The van der Waals surface area contributed by atoms with Crippen molar-refractivity contribution in [3.63, 3.8) is 0 Å². The molecule has 0 radical (unpaired) electrons. The largest absolute Gasteiger partial charge is 0.573 e. The summed E-state index contributed by atoms with van der Waals surface area (Å²) < 4.78 is 52.5. The topological polar surface area (TPSA) is 147 Å². The third-order valence-corrected chi connectivity index (χ3v) is 6.85. The molecule has 2 aromatic rings. The number of nitrogens with zero attached hydrogens (tertiary/aromatic N) is 2. The molecule has 5 amide bonds. The lowest BCUT2D eigenvalue weighted by molar-refractivity contribution is -0.274. The number of urea groups is 1. The summed E-state index contributed by atoms with van der Waals surface area (Å²) >= 11 is 0. The first kappa shape index (κ1) is 27.4. The predicted molar refractivity (Wildman–Crippen MR) is 127 cm³/mol. The third kappa shape index (κ3) is 5.05. The molecule has 3 aliphatic rings. The summed E-state index contributed by atoms with van der Waals surface area (Å²) in [5.74, 6) is -2.16. The Morgan fingerprint density at radius 1 is 0.925 bits per heavy atom. The van der Waals surface area contributed by atoms with E-state index in [1.165, 1.54) is 46.2 Å². The summed E-state index contributed by atoms with van der Waals surface area (Å²) in [4.78, 5) is 53.4. The second kappa shape index (κ2) is 10.1. The Balaban J connectivity index is 1.36. The molecule has 3 N–H and O–H groups in total. The van der Waals surface area contributed by atoms with Crippen LogP contribution in [0, 0.1) is 0 Å². The Kier molecular flexibility index (Phi) is 6.89. The SMILES string of the molecule is O=C1NC(=O)C(c2ccc(Oc3ccc(OC(F)(F)F)cc3)cc2)(N2CC3(CN(C(=O)CO)CCO3)C2)C(=O)N1. The normalized spacial score (nSPS) is 20.4. The zero-order valence-electron chi connectivity index (χ0n) is 20.7. The minimum absolute atomic E-state index is 0.0713. The van der Waals surface area contributed by atoms with Gasteiger partial charge in [-0.25, -0.2) is 4.79 Å². The van der Waals surface area contributed by atoms with Gasteiger partial charge in [0, 0.05) is 19.6 Å². The summed E-state index contributed by atoms with van der Waals surface area (Å²) in [5, 5.41) is 13.5. The number of imide groups is 2. The lowest BCUT2D eigenvalue weighted by Crippen LogP contribution is -2.80. The molecule has 0 aliphatic carbocycles. The van der Waals surface area contributed by atoms with Gasteiger partial charge in [0.15, 0.2) is 0 Å². The van der Waals surface area contributed by atoms with Crippen LogP contribution in [0.2, 0.25) is 0 Å². The van der Waals surface area contributed by atoms with Gasteiger partial charge < -0.3 is 24.2 Å². The number of morpholine rings is 1. The zero-order valence-corrected chi connectivity index (χ0v) is 20.7. The Hall–Kier alpha value is -4.21. The van der Waals surface area contributed by atoms with Gasteiger partial charge in [-0.3, -0.25) is 29.9 Å². The second-order valence-electron chi connectivity index (χ2n) is 9.45. The number of nitrogens with one attached hydrogen (secondary N) is 2. The number of hydrogen-bond donors (Lipinski definition) is 3. The number of rotatable bonds is 6. The van der Waals surface area contributed by atoms with E-state index in [1.54, 1.807) is 0 Å². The standard InChI is InChI=1S/C25H23F3N4O8/c26-25(27,28)40-18-7-5-17(6-8-18)39-16-3-1-15(2-4-16)24(20(35)29-22(37)30-21(24)36)32-13-23(14-32)12-31(9-10-38-23)19(34)11-33/h1-8,33H,9-14H2,(H2,29,30,35,36,37). The Morgan fingerprint density at radius 2 is 1.48 bits per heavy atom. The highest BCUT2D eigenvalue weighted by Crippen LogP contribution is 2.41. The van der Waals surface area contributed by atoms with Gasteiger partial charge in [0.2, 0.25) is 11.4 Å². The van der Waals surface area contributed by atoms with Crippen molar-refractivity contribution in [2.45, 2.75) is 17.5 Å². The van der Waals surface area contributed by atoms with E-state index in [9.17, 15) is 37.5 Å². The van der Waals surface area contributed by atoms with Crippen molar-refractivity contribution in [2.75, 3.05) is 39.4 Å². The van der Waals surface area contributed by atoms with Crippen molar-refractivity contribution in [2.24, 2.45) is 0 Å². The Bertz CT molecular complexity index is 1310. The average molecular weight is 564 g/mol. The van der Waals surface area contributed by atoms with Crippen molar-refractivity contribution in [1.82, 2.24) is 20.4 Å². The molecule has 3 heterocycles. The Labute approximate surface area is 224 Å². The minimum Gasteiger partial charge on any atom is -0.457 e. The molecule has 0 unspecified atom stereocenters. The van der Waals surface area contributed by atoms with Gasteiger partial charge in [-0.15, -0.1) is 13.2 Å². The van der Waals surface area contributed by atoms with Crippen LogP contribution >= 0.6 is 0 Å². The van der Waals surface area contributed by atoms with Crippen molar-refractivity contribution in [1.29, 1.82) is 0 Å². The van der Waals surface area contributed by atoms with Crippen molar-refractivity contribution in [3.8, 4) is 17.2 Å². The number of amides is 5. The molecular formula is C25H23F3N4O8. The number of hydrogen-bond acceptors (Lipinski definition) is 9. The molecule has 0 atom stereocenters. The van der Waals surface area contributed by atoms with Crippen molar-refractivity contribution in [3.05, 3.63) is 54.1 Å². The van der Waals surface area contributed by atoms with Crippen LogP contribution < -0.4 is 20.1 Å². The quantitative estimate of drug-likeness (QED) is 0.435. The van der Waals surface area contributed by atoms with Crippen LogP contribution in [0.15, 0.2) is 48.5 Å². The van der Waals surface area contributed by atoms with Crippen LogP contribution in [0.5, 0.6) is 17.2 Å². The lowest BCUT2D eigenvalue weighted by Gasteiger charge is -2.58. The monoisotopic (exact) mass is 564 g/mol. The smallest absolute Gasteiger partial charge is 0.457 e. The van der Waals surface area contributed by atoms with E-state index in [4.69, 9.17) is 9.47 Å². The van der Waals surface area contributed by atoms with Gasteiger partial charge >= 0.3 is 12.4 Å². The average Bonchev–Trinajstić information content (AvgIpc) is 2.88. The number of carbonyl (C=O) groups is 4. The van der Waals surface area contributed by atoms with Gasteiger partial charge in [-0.1, -0.05) is 12.1 Å². The van der Waals surface area contributed by atoms with Crippen LogP contribution in [-0.2, 0) is 24.7 Å². The number of carbonyl (C=O) groups excluding carboxylic acids is 4. The zero-order chi connectivity index (χ0) is 28.7. The lowest BCUT2D eigenvalue weighted by atomic mass is 9.78. The molecule has 212 valence electrons. The molecule has 12 nitrogen and oxygen atoms in total. The first-order chi connectivity index (χ1) is 18.9. The maximum Gasteiger partial charge on any atom is 0.573 e. The summed E-state index contributed by atoms with van der Waals surface area (Å²) in [5.41, 5.74) is -2.60. The number of ether oxygens (including phenoxy) is 3. The fourth-order valence-corrected chi connectivity index (χ4v) is 5.10. The fraction of sp³-hybridized carbons (Fsp3) is 0.360. The number of aliphatic hydroxyl groups excluding tert-OH is 1. The molecule has 0 bridgehead atoms. The Morgan fingerprint density at radius 3 is 2.02 bits per heavy atom. The van der Waals surface area contributed by atoms with E-state index in [-0.39, 0.29) is 43.3 Å². The number of benzene rings is 2. The summed E-state index contributed by atoms with van der Waals surface area (Å²) in [6.07, 6.45) is -4.83. The van der Waals surface area contributed by atoms with Crippen LogP contribution in [0.1, 0.15) is 5.56 Å². The third-order valence-electron chi connectivity index (χ3n) is 6.85. The summed E-state index contributed by atoms with van der Waals surface area (Å²) in [7, 11) is 0. The number of aliphatic hydroxyl groups is 1. The van der Waals surface area contributed by atoms with Crippen LogP contribution in [0.3, 0.4) is 0 Å². The van der Waals surface area contributed by atoms with Gasteiger partial charge in [0.1, 0.15) is 29.5 Å². The van der Waals surface area contributed by atoms with Crippen LogP contribution in [0.25, 0.3) is 0 Å². The van der Waals surface area contributed by atoms with E-state index >= 15 is 0 Å². The molecular weight excluding hydrogens is 541 g/mol. The van der Waals surface area contributed by atoms with E-state index in [1.807, 2.05) is 0 Å². The summed E-state index contributed by atoms with van der Waals surface area (Å²) in [6.45, 7) is 0.140. The van der Waals surface area contributed by atoms with E-state index in [0.29, 0.717) is 6.54 Å². The second-order valence-corrected chi connectivity index (χ2v) is 9.45. The van der Waals surface area contributed by atoms with E-state index in [0.717, 1.165) is 12.1 Å². The molecule has 5 rings (SSSR count). The first-order valence-electron chi connectivity index (χ1n) is 12.0. The van der Waals surface area contributed by atoms with Crippen LogP contribution in [0.4, 0.5) is 18.0 Å². The minimum atomic E-state index is -4.83. The van der Waals surface area contributed by atoms with Gasteiger partial charge in [-0.2, -0.15) is 0 Å². The van der Waals surface area contributed by atoms with E-state index < -0.39 is 53.6 Å². The van der Waals surface area contributed by atoms with Gasteiger partial charge in [-0.05, 0) is 42.0 Å². The first-order valence-corrected chi connectivity index (χ1v) is 12.0. The molecule has 0 aromatic heterocycles. The number of alkyl halides is 3. The number of halogens is 3. The fourth-order valence-electron chi connectivity index (χ4n) is 5.10. The molecule has 3 aliphatic heterocycles. The van der Waals surface area contributed by atoms with Crippen LogP contribution in [-0.4, -0.2) is 90.0 Å². The van der Waals surface area contributed by atoms with Gasteiger partial charge in [0.05, 0.1) is 13.2 Å². The maximum absolute atomic E-state index is 13.3. The summed E-state index contributed by atoms with van der Waals surface area (Å²) in [6, 6.07) is 9.60. The molecule has 0 saturated carbocycles. The molecule has 3 fully saturated rings.